The van der Waals surface area contributed by atoms with Gasteiger partial charge in [0.15, 0.2) is 0 Å². The number of aryl methyl sites for hydroxylation is 1. The molecule has 3 aromatic rings. The quantitative estimate of drug-likeness (QED) is 0.613. The smallest absolute Gasteiger partial charge is 0.258 e. The molecule has 1 aliphatic carbocycles. The van der Waals surface area contributed by atoms with Gasteiger partial charge in [0, 0.05) is 43.7 Å². The zero-order chi connectivity index (χ0) is 22.2. The van der Waals surface area contributed by atoms with Crippen molar-refractivity contribution in [2.75, 3.05) is 43.2 Å². The Morgan fingerprint density at radius 1 is 1.09 bits per heavy atom. The first-order valence-electron chi connectivity index (χ1n) is 11.5. The molecule has 1 saturated heterocycles. The lowest BCUT2D eigenvalue weighted by molar-refractivity contribution is 0.0993. The Bertz CT molecular complexity index is 1210. The number of hydrogen-bond acceptors (Lipinski definition) is 4. The summed E-state index contributed by atoms with van der Waals surface area (Å²) in [5.41, 5.74) is 4.37. The first-order chi connectivity index (χ1) is 15.6. The van der Waals surface area contributed by atoms with Crippen LogP contribution < -0.4 is 15.4 Å². The molecule has 6 nitrogen and oxygen atoms in total. The van der Waals surface area contributed by atoms with E-state index in [1.54, 1.807) is 22.6 Å². The van der Waals surface area contributed by atoms with Crippen molar-refractivity contribution < 1.29 is 9.53 Å². The van der Waals surface area contributed by atoms with Crippen LogP contribution >= 0.6 is 0 Å². The van der Waals surface area contributed by atoms with Crippen LogP contribution in [0.5, 0.6) is 0 Å². The Morgan fingerprint density at radius 3 is 2.47 bits per heavy atom. The highest BCUT2D eigenvalue weighted by atomic mass is 16.5. The van der Waals surface area contributed by atoms with Gasteiger partial charge in [0.2, 0.25) is 0 Å². The number of aromatic nitrogens is 1. The maximum Gasteiger partial charge on any atom is 0.258 e. The Hall–Kier alpha value is -3.12. The number of carbonyl (C=O) groups excluding carboxylic acids is 1. The molecular formula is C26H29N3O3. The summed E-state index contributed by atoms with van der Waals surface area (Å²) in [5, 5.41) is 0.981. The number of pyridine rings is 1. The number of morpholine rings is 1. The number of anilines is 2. The second-order valence-electron chi connectivity index (χ2n) is 8.65. The Kier molecular flexibility index (Phi) is 5.47. The summed E-state index contributed by atoms with van der Waals surface area (Å²) in [6.07, 6.45) is 2.48. The molecule has 1 saturated carbocycles. The normalized spacial score (nSPS) is 16.4. The monoisotopic (exact) mass is 431 g/mol. The minimum absolute atomic E-state index is 0.0522. The lowest BCUT2D eigenvalue weighted by Crippen LogP contribution is -2.37. The largest absolute Gasteiger partial charge is 0.378 e. The molecule has 6 heteroatoms. The van der Waals surface area contributed by atoms with Crippen LogP contribution in [0.3, 0.4) is 0 Å². The van der Waals surface area contributed by atoms with E-state index in [2.05, 4.69) is 17.0 Å². The minimum Gasteiger partial charge on any atom is -0.378 e. The zero-order valence-corrected chi connectivity index (χ0v) is 18.7. The highest BCUT2D eigenvalue weighted by Crippen LogP contribution is 2.40. The molecule has 0 spiro atoms. The molecule has 1 amide bonds. The van der Waals surface area contributed by atoms with Gasteiger partial charge in [-0.25, -0.2) is 0 Å². The van der Waals surface area contributed by atoms with E-state index in [1.165, 1.54) is 18.4 Å². The molecule has 0 N–H and O–H groups in total. The third-order valence-corrected chi connectivity index (χ3v) is 6.63. The number of benzene rings is 2. The molecule has 0 unspecified atom stereocenters. The van der Waals surface area contributed by atoms with Crippen LogP contribution in [0.25, 0.3) is 10.9 Å². The summed E-state index contributed by atoms with van der Waals surface area (Å²) in [5.74, 6) is 0.583. The topological polar surface area (TPSA) is 54.8 Å². The third-order valence-electron chi connectivity index (χ3n) is 6.63. The maximum atomic E-state index is 13.4. The van der Waals surface area contributed by atoms with Crippen molar-refractivity contribution in [1.29, 1.82) is 0 Å². The molecule has 5 rings (SSSR count). The van der Waals surface area contributed by atoms with Crippen LogP contribution in [-0.2, 0) is 11.3 Å². The number of fused-ring (bicyclic) bond motifs is 1. The second kappa shape index (κ2) is 8.43. The molecule has 2 fully saturated rings. The first kappa shape index (κ1) is 20.8. The van der Waals surface area contributed by atoms with Crippen molar-refractivity contribution in [3.8, 4) is 0 Å². The van der Waals surface area contributed by atoms with Crippen LogP contribution in [0.4, 0.5) is 11.4 Å². The van der Waals surface area contributed by atoms with Gasteiger partial charge in [0.1, 0.15) is 0 Å². The predicted molar refractivity (Wildman–Crippen MR) is 128 cm³/mol. The number of rotatable bonds is 5. The average molecular weight is 432 g/mol. The molecule has 1 aliphatic heterocycles. The minimum atomic E-state index is -0.0771. The van der Waals surface area contributed by atoms with E-state index in [0.717, 1.165) is 35.4 Å². The maximum absolute atomic E-state index is 13.4. The predicted octanol–water partition coefficient (Wildman–Crippen LogP) is 4.01. The third kappa shape index (κ3) is 3.69. The van der Waals surface area contributed by atoms with E-state index in [9.17, 15) is 9.59 Å². The fourth-order valence-electron chi connectivity index (χ4n) is 4.67. The first-order valence-corrected chi connectivity index (χ1v) is 11.5. The number of nitrogens with zero attached hydrogens (tertiary/aromatic N) is 3. The van der Waals surface area contributed by atoms with Crippen LogP contribution in [-0.4, -0.2) is 43.8 Å². The van der Waals surface area contributed by atoms with Crippen molar-refractivity contribution in [3.05, 3.63) is 70.0 Å². The summed E-state index contributed by atoms with van der Waals surface area (Å²) in [7, 11) is 1.79. The molecule has 0 bridgehead atoms. The van der Waals surface area contributed by atoms with Gasteiger partial charge in [-0.1, -0.05) is 24.3 Å². The van der Waals surface area contributed by atoms with Crippen molar-refractivity contribution in [2.45, 2.75) is 32.2 Å². The number of hydrogen-bond donors (Lipinski definition) is 0. The molecule has 0 radical (unpaired) electrons. The van der Waals surface area contributed by atoms with Crippen molar-refractivity contribution in [3.63, 3.8) is 0 Å². The highest BCUT2D eigenvalue weighted by molar-refractivity contribution is 6.11. The van der Waals surface area contributed by atoms with E-state index in [-0.39, 0.29) is 11.5 Å². The summed E-state index contributed by atoms with van der Waals surface area (Å²) in [6.45, 7) is 5.28. The second-order valence-corrected chi connectivity index (χ2v) is 8.65. The van der Waals surface area contributed by atoms with Gasteiger partial charge in [0.05, 0.1) is 30.1 Å². The van der Waals surface area contributed by atoms with Crippen LogP contribution in [0.1, 0.15) is 41.6 Å². The van der Waals surface area contributed by atoms with E-state index in [1.807, 2.05) is 37.3 Å². The summed E-state index contributed by atoms with van der Waals surface area (Å²) < 4.78 is 7.26. The van der Waals surface area contributed by atoms with Crippen molar-refractivity contribution >= 4 is 28.2 Å². The average Bonchev–Trinajstić information content (AvgIpc) is 3.69. The van der Waals surface area contributed by atoms with Gasteiger partial charge in [-0.15, -0.1) is 0 Å². The van der Waals surface area contributed by atoms with Crippen molar-refractivity contribution in [2.24, 2.45) is 0 Å². The lowest BCUT2D eigenvalue weighted by Gasteiger charge is -2.31. The Morgan fingerprint density at radius 2 is 1.81 bits per heavy atom. The van der Waals surface area contributed by atoms with Gasteiger partial charge in [-0.3, -0.25) is 9.59 Å². The van der Waals surface area contributed by atoms with Crippen LogP contribution in [0.15, 0.2) is 53.3 Å². The van der Waals surface area contributed by atoms with Crippen molar-refractivity contribution in [1.82, 2.24) is 4.57 Å². The Balaban J connectivity index is 1.59. The number of para-hydroxylation sites is 1. The van der Waals surface area contributed by atoms with Crippen LogP contribution in [0.2, 0.25) is 0 Å². The summed E-state index contributed by atoms with van der Waals surface area (Å²) in [6, 6.07) is 15.6. The fraction of sp³-hybridized carbons (Fsp3) is 0.385. The highest BCUT2D eigenvalue weighted by Gasteiger charge is 2.25. The lowest BCUT2D eigenvalue weighted by atomic mass is 10.1. The standard InChI is InChI=1S/C26H29N3O3/c1-3-29-24(30)17-23(28-13-15-32-16-14-28)21-5-4-6-22(25(21)29)27(2)26(31)20-11-9-19(10-12-20)18-7-8-18/h4-6,9-12,17-18H,3,7-8,13-16H2,1-2H3. The van der Waals surface area contributed by atoms with Gasteiger partial charge in [0.25, 0.3) is 11.5 Å². The fourth-order valence-corrected chi connectivity index (χ4v) is 4.67. The number of ether oxygens (including phenoxy) is 1. The molecular weight excluding hydrogens is 402 g/mol. The molecule has 2 heterocycles. The van der Waals surface area contributed by atoms with E-state index in [0.29, 0.717) is 31.2 Å². The van der Waals surface area contributed by atoms with Gasteiger partial charge in [-0.2, -0.15) is 0 Å². The van der Waals surface area contributed by atoms with Gasteiger partial charge >= 0.3 is 0 Å². The van der Waals surface area contributed by atoms with Gasteiger partial charge < -0.3 is 19.1 Å². The number of carbonyl (C=O) groups is 1. The van der Waals surface area contributed by atoms with E-state index >= 15 is 0 Å². The molecule has 0 atom stereocenters. The van der Waals surface area contributed by atoms with Crippen LogP contribution in [0, 0.1) is 0 Å². The van der Waals surface area contributed by atoms with E-state index < -0.39 is 0 Å². The molecule has 166 valence electrons. The molecule has 1 aromatic heterocycles. The molecule has 2 aromatic carbocycles. The summed E-state index contributed by atoms with van der Waals surface area (Å²) >= 11 is 0. The van der Waals surface area contributed by atoms with Gasteiger partial charge in [-0.05, 0) is 49.4 Å². The number of amides is 1. The summed E-state index contributed by atoms with van der Waals surface area (Å²) in [4.78, 5) is 30.3. The molecule has 2 aliphatic rings. The zero-order valence-electron chi connectivity index (χ0n) is 18.7. The SMILES string of the molecule is CCn1c(=O)cc(N2CCOCC2)c2cccc(N(C)C(=O)c3ccc(C4CC4)cc3)c21. The Labute approximate surface area is 188 Å². The van der Waals surface area contributed by atoms with E-state index in [4.69, 9.17) is 4.74 Å². The molecule has 32 heavy (non-hydrogen) atoms.